The monoisotopic (exact) mass is 478 g/mol. The third kappa shape index (κ3) is 6.31. The van der Waals surface area contributed by atoms with Crippen molar-refractivity contribution >= 4 is 34.0 Å². The summed E-state index contributed by atoms with van der Waals surface area (Å²) in [5.41, 5.74) is 3.34. The molecule has 1 aromatic heterocycles. The van der Waals surface area contributed by atoms with Crippen molar-refractivity contribution in [1.82, 2.24) is 15.3 Å². The summed E-state index contributed by atoms with van der Waals surface area (Å²) >= 11 is 0. The maximum atomic E-state index is 12.0. The number of thiol groups is 1. The number of amides is 1. The molecule has 5 N–H and O–H groups in total. The lowest BCUT2D eigenvalue weighted by molar-refractivity contribution is 0.0963. The first-order chi connectivity index (χ1) is 16.3. The minimum absolute atomic E-state index is 0.0975. The second-order valence-electron chi connectivity index (χ2n) is 7.51. The van der Waals surface area contributed by atoms with Gasteiger partial charge >= 0.3 is 0 Å². The molecule has 3 aromatic rings. The van der Waals surface area contributed by atoms with E-state index in [1.165, 1.54) is 0 Å². The van der Waals surface area contributed by atoms with Crippen molar-refractivity contribution in [3.63, 3.8) is 0 Å². The van der Waals surface area contributed by atoms with E-state index in [0.717, 1.165) is 5.56 Å². The Morgan fingerprint density at radius 3 is 2.53 bits per heavy atom. The van der Waals surface area contributed by atoms with Crippen LogP contribution in [0.5, 0.6) is 0 Å². The van der Waals surface area contributed by atoms with Crippen LogP contribution in [0.15, 0.2) is 53.6 Å². The maximum Gasteiger partial charge on any atom is 0.251 e. The fourth-order valence-electron chi connectivity index (χ4n) is 2.91. The molecule has 2 aromatic carbocycles. The molecule has 0 bridgehead atoms. The van der Waals surface area contributed by atoms with Crippen molar-refractivity contribution < 1.29 is 14.1 Å². The van der Waals surface area contributed by atoms with Crippen molar-refractivity contribution in [2.45, 2.75) is 24.8 Å². The van der Waals surface area contributed by atoms with Gasteiger partial charge < -0.3 is 21.1 Å². The molecule has 1 amide bonds. The van der Waals surface area contributed by atoms with Gasteiger partial charge in [0.25, 0.3) is 5.91 Å². The molecule has 0 spiro atoms. The highest BCUT2D eigenvalue weighted by Crippen LogP contribution is 2.19. The van der Waals surface area contributed by atoms with Crippen LogP contribution in [0.4, 0.5) is 17.5 Å². The summed E-state index contributed by atoms with van der Waals surface area (Å²) in [5.74, 6) is 6.71. The van der Waals surface area contributed by atoms with E-state index in [9.17, 15) is 14.1 Å². The van der Waals surface area contributed by atoms with Crippen LogP contribution < -0.4 is 16.0 Å². The first-order valence-corrected chi connectivity index (χ1v) is 11.7. The van der Waals surface area contributed by atoms with E-state index in [1.807, 2.05) is 19.9 Å². The zero-order valence-electron chi connectivity index (χ0n) is 19.0. The first kappa shape index (κ1) is 24.7. The Morgan fingerprint density at radius 1 is 1.18 bits per heavy atom. The number of benzene rings is 2. The van der Waals surface area contributed by atoms with Crippen LogP contribution in [0.3, 0.4) is 0 Å². The number of aryl methyl sites for hydroxylation is 1. The SMILES string of the molecule is CNC(=O)c1ccc(C)c(C#Cc2cnc(Nc3ccc([SH](=N)=O)cc3)nc2N[C@H](C)CO)c1. The standard InChI is InChI=1S/C24H26N6O3S/c1-15-4-5-18(23(32)26-3)12-17(15)6-7-19-13-27-24(30-22(19)28-16(2)14-31)29-20-8-10-21(11-9-20)34(25)33/h4-5,8-13,16,25,31,34H,14H2,1-3H3,(H,26,32)(H2,27,28,29,30)/t16-/m1/s1. The number of hydrogen-bond donors (Lipinski definition) is 6. The number of carbonyl (C=O) groups excluding carboxylic acids is 1. The van der Waals surface area contributed by atoms with Crippen molar-refractivity contribution in [2.24, 2.45) is 0 Å². The lowest BCUT2D eigenvalue weighted by Gasteiger charge is -2.14. The highest BCUT2D eigenvalue weighted by atomic mass is 32.2. The van der Waals surface area contributed by atoms with Crippen LogP contribution in [0.2, 0.25) is 0 Å². The summed E-state index contributed by atoms with van der Waals surface area (Å²) in [7, 11) is -0.576. The van der Waals surface area contributed by atoms with Gasteiger partial charge in [0.05, 0.1) is 29.0 Å². The minimum atomic E-state index is -2.15. The minimum Gasteiger partial charge on any atom is -0.394 e. The van der Waals surface area contributed by atoms with E-state index >= 15 is 0 Å². The predicted molar refractivity (Wildman–Crippen MR) is 133 cm³/mol. The number of rotatable bonds is 7. The third-order valence-corrected chi connectivity index (χ3v) is 5.63. The Hall–Kier alpha value is -3.94. The summed E-state index contributed by atoms with van der Waals surface area (Å²) in [6, 6.07) is 11.7. The van der Waals surface area contributed by atoms with Gasteiger partial charge in [-0.05, 0) is 55.8 Å². The number of hydrogen-bond acceptors (Lipinski definition) is 8. The highest BCUT2D eigenvalue weighted by molar-refractivity contribution is 7.73. The molecule has 0 fully saturated rings. The van der Waals surface area contributed by atoms with E-state index in [1.54, 1.807) is 49.6 Å². The predicted octanol–water partition coefficient (Wildman–Crippen LogP) is 2.68. The van der Waals surface area contributed by atoms with Gasteiger partial charge in [-0.3, -0.25) is 9.57 Å². The molecular weight excluding hydrogens is 452 g/mol. The molecule has 9 nitrogen and oxygen atoms in total. The lowest BCUT2D eigenvalue weighted by Crippen LogP contribution is -2.21. The molecule has 0 saturated carbocycles. The van der Waals surface area contributed by atoms with Crippen LogP contribution in [-0.4, -0.2) is 44.9 Å². The van der Waals surface area contributed by atoms with Gasteiger partial charge in [0.1, 0.15) is 5.82 Å². The van der Waals surface area contributed by atoms with Crippen molar-refractivity contribution in [1.29, 1.82) is 4.78 Å². The van der Waals surface area contributed by atoms with Gasteiger partial charge in [-0.15, -0.1) is 0 Å². The molecule has 0 radical (unpaired) electrons. The number of nitrogens with one attached hydrogen (secondary N) is 4. The van der Waals surface area contributed by atoms with E-state index in [4.69, 9.17) is 4.78 Å². The zero-order valence-corrected chi connectivity index (χ0v) is 19.9. The van der Waals surface area contributed by atoms with Crippen molar-refractivity contribution in [2.75, 3.05) is 24.3 Å². The van der Waals surface area contributed by atoms with Crippen LogP contribution in [0, 0.1) is 23.5 Å². The summed E-state index contributed by atoms with van der Waals surface area (Å²) in [6.07, 6.45) is 1.57. The molecule has 2 atom stereocenters. The van der Waals surface area contributed by atoms with E-state index in [0.29, 0.717) is 39.0 Å². The summed E-state index contributed by atoms with van der Waals surface area (Å²) in [4.78, 5) is 21.2. The van der Waals surface area contributed by atoms with E-state index < -0.39 is 10.6 Å². The van der Waals surface area contributed by atoms with Gasteiger partial charge in [-0.1, -0.05) is 17.9 Å². The molecule has 3 rings (SSSR count). The number of carbonyl (C=O) groups is 1. The van der Waals surface area contributed by atoms with Gasteiger partial charge in [0.2, 0.25) is 5.95 Å². The third-order valence-electron chi connectivity index (χ3n) is 4.86. The van der Waals surface area contributed by atoms with Gasteiger partial charge in [0.15, 0.2) is 0 Å². The Bertz CT molecular complexity index is 1320. The lowest BCUT2D eigenvalue weighted by atomic mass is 10.0. The average Bonchev–Trinajstić information content (AvgIpc) is 2.84. The van der Waals surface area contributed by atoms with Gasteiger partial charge in [0, 0.05) is 34.8 Å². The normalized spacial score (nSPS) is 12.1. The molecule has 0 saturated heterocycles. The highest BCUT2D eigenvalue weighted by Gasteiger charge is 2.10. The van der Waals surface area contributed by atoms with Gasteiger partial charge in [-0.25, -0.2) is 9.19 Å². The molecule has 1 heterocycles. The number of nitrogens with zero attached hydrogens (tertiary/aromatic N) is 2. The van der Waals surface area contributed by atoms with Crippen LogP contribution in [-0.2, 0) is 10.6 Å². The molecular formula is C24H26N6O3S. The Kier molecular flexibility index (Phi) is 8.19. The van der Waals surface area contributed by atoms with Crippen molar-refractivity contribution in [3.05, 3.63) is 70.9 Å². The number of anilines is 3. The van der Waals surface area contributed by atoms with Crippen LogP contribution in [0.25, 0.3) is 0 Å². The average molecular weight is 479 g/mol. The number of aliphatic hydroxyl groups excluding tert-OH is 1. The quantitative estimate of drug-likeness (QED) is 0.227. The van der Waals surface area contributed by atoms with Crippen LogP contribution in [0.1, 0.15) is 34.0 Å². The maximum absolute atomic E-state index is 12.0. The molecule has 176 valence electrons. The molecule has 10 heteroatoms. The smallest absolute Gasteiger partial charge is 0.251 e. The second-order valence-corrected chi connectivity index (χ2v) is 8.61. The van der Waals surface area contributed by atoms with Crippen molar-refractivity contribution in [3.8, 4) is 11.8 Å². The zero-order chi connectivity index (χ0) is 24.7. The Balaban J connectivity index is 1.93. The molecule has 0 aliphatic heterocycles. The second kappa shape index (κ2) is 11.3. The molecule has 1 unspecified atom stereocenters. The topological polar surface area (TPSA) is 140 Å². The Morgan fingerprint density at radius 2 is 1.88 bits per heavy atom. The largest absolute Gasteiger partial charge is 0.394 e. The fourth-order valence-corrected chi connectivity index (χ4v) is 3.33. The molecule has 34 heavy (non-hydrogen) atoms. The molecule has 0 aliphatic rings. The first-order valence-electron chi connectivity index (χ1n) is 10.5. The summed E-state index contributed by atoms with van der Waals surface area (Å²) in [5, 5.41) is 18.3. The van der Waals surface area contributed by atoms with Crippen LogP contribution >= 0.6 is 0 Å². The number of aliphatic hydroxyl groups is 1. The summed E-state index contributed by atoms with van der Waals surface area (Å²) in [6.45, 7) is 3.63. The Labute approximate surface area is 200 Å². The number of aromatic nitrogens is 2. The van der Waals surface area contributed by atoms with E-state index in [2.05, 4.69) is 37.8 Å². The van der Waals surface area contributed by atoms with Gasteiger partial charge in [-0.2, -0.15) is 4.98 Å². The molecule has 0 aliphatic carbocycles. The summed E-state index contributed by atoms with van der Waals surface area (Å²) < 4.78 is 18.6. The fraction of sp³-hybridized carbons (Fsp3) is 0.208. The van der Waals surface area contributed by atoms with E-state index in [-0.39, 0.29) is 18.6 Å².